The van der Waals surface area contributed by atoms with Crippen molar-refractivity contribution >= 4 is 16.0 Å². The van der Waals surface area contributed by atoms with Crippen LogP contribution in [0.2, 0.25) is 0 Å². The molecule has 1 aliphatic carbocycles. The zero-order valence-electron chi connectivity index (χ0n) is 8.60. The van der Waals surface area contributed by atoms with Crippen LogP contribution in [-0.4, -0.2) is 26.2 Å². The summed E-state index contributed by atoms with van der Waals surface area (Å²) in [4.78, 5) is 11.4. The van der Waals surface area contributed by atoms with Crippen LogP contribution in [0.4, 0.5) is 0 Å². The molecule has 1 atom stereocenters. The molecular weight excluding hydrogens is 218 g/mol. The summed E-state index contributed by atoms with van der Waals surface area (Å²) in [5.41, 5.74) is 0.186. The lowest BCUT2D eigenvalue weighted by Gasteiger charge is -2.20. The number of rotatable bonds is 3. The third kappa shape index (κ3) is 3.04. The number of hydrogen-bond acceptors (Lipinski definition) is 4. The molecule has 5 nitrogen and oxygen atoms in total. The number of esters is 1. The fourth-order valence-corrected chi connectivity index (χ4v) is 2.66. The van der Waals surface area contributed by atoms with Crippen LogP contribution in [0.15, 0.2) is 11.6 Å². The number of hydrogen-bond donors (Lipinski definition) is 1. The molecule has 0 aromatic carbocycles. The van der Waals surface area contributed by atoms with Gasteiger partial charge in [-0.1, -0.05) is 6.08 Å². The molecule has 1 aliphatic rings. The van der Waals surface area contributed by atoms with Crippen molar-refractivity contribution in [2.24, 2.45) is 5.14 Å². The van der Waals surface area contributed by atoms with E-state index in [9.17, 15) is 13.2 Å². The molecule has 0 saturated carbocycles. The van der Waals surface area contributed by atoms with Gasteiger partial charge >= 0.3 is 5.97 Å². The van der Waals surface area contributed by atoms with Crippen LogP contribution in [0.1, 0.15) is 26.2 Å². The van der Waals surface area contributed by atoms with Crippen LogP contribution in [-0.2, 0) is 19.6 Å². The fourth-order valence-electron chi connectivity index (χ4n) is 1.62. The summed E-state index contributed by atoms with van der Waals surface area (Å²) in [6, 6.07) is 0. The highest BCUT2D eigenvalue weighted by atomic mass is 32.2. The Labute approximate surface area is 89.3 Å². The molecule has 2 N–H and O–H groups in total. The van der Waals surface area contributed by atoms with E-state index in [1.807, 2.05) is 0 Å². The van der Waals surface area contributed by atoms with E-state index in [0.717, 1.165) is 6.42 Å². The summed E-state index contributed by atoms with van der Waals surface area (Å²) < 4.78 is 27.2. The SMILES string of the molecule is CCOC(=O)C1=CCCCC1S(N)(=O)=O. The van der Waals surface area contributed by atoms with Gasteiger partial charge in [-0.3, -0.25) is 0 Å². The van der Waals surface area contributed by atoms with Gasteiger partial charge in [-0.25, -0.2) is 18.4 Å². The first-order chi connectivity index (χ1) is 6.96. The Bertz CT molecular complexity index is 372. The number of primary sulfonamides is 1. The van der Waals surface area contributed by atoms with Crippen molar-refractivity contribution in [3.63, 3.8) is 0 Å². The summed E-state index contributed by atoms with van der Waals surface area (Å²) in [5, 5.41) is 4.16. The lowest BCUT2D eigenvalue weighted by Crippen LogP contribution is -2.35. The topological polar surface area (TPSA) is 86.5 Å². The predicted octanol–water partition coefficient (Wildman–Crippen LogP) is 0.317. The van der Waals surface area contributed by atoms with Gasteiger partial charge in [0, 0.05) is 0 Å². The molecule has 6 heteroatoms. The van der Waals surface area contributed by atoms with Crippen LogP contribution in [0.25, 0.3) is 0 Å². The second kappa shape index (κ2) is 4.76. The normalized spacial score (nSPS) is 22.0. The predicted molar refractivity (Wildman–Crippen MR) is 55.5 cm³/mol. The first-order valence-corrected chi connectivity index (χ1v) is 6.46. The average molecular weight is 233 g/mol. The summed E-state index contributed by atoms with van der Waals surface area (Å²) >= 11 is 0. The van der Waals surface area contributed by atoms with Crippen molar-refractivity contribution in [1.29, 1.82) is 0 Å². The van der Waals surface area contributed by atoms with Gasteiger partial charge in [0.15, 0.2) is 0 Å². The van der Waals surface area contributed by atoms with Gasteiger partial charge in [0.2, 0.25) is 10.0 Å². The zero-order valence-corrected chi connectivity index (χ0v) is 9.42. The van der Waals surface area contributed by atoms with Crippen LogP contribution in [0, 0.1) is 0 Å². The minimum atomic E-state index is -3.71. The highest BCUT2D eigenvalue weighted by molar-refractivity contribution is 7.90. The summed E-state index contributed by atoms with van der Waals surface area (Å²) in [7, 11) is -3.71. The molecule has 0 saturated heterocycles. The van der Waals surface area contributed by atoms with E-state index in [4.69, 9.17) is 9.88 Å². The smallest absolute Gasteiger partial charge is 0.335 e. The van der Waals surface area contributed by atoms with E-state index < -0.39 is 21.2 Å². The van der Waals surface area contributed by atoms with Crippen LogP contribution in [0.5, 0.6) is 0 Å². The van der Waals surface area contributed by atoms with Gasteiger partial charge in [-0.2, -0.15) is 0 Å². The van der Waals surface area contributed by atoms with Crippen molar-refractivity contribution in [2.75, 3.05) is 6.61 Å². The zero-order chi connectivity index (χ0) is 11.5. The highest BCUT2D eigenvalue weighted by Crippen LogP contribution is 2.24. The molecule has 0 aliphatic heterocycles. The Balaban J connectivity index is 2.93. The minimum absolute atomic E-state index is 0.186. The first-order valence-electron chi connectivity index (χ1n) is 4.85. The first kappa shape index (κ1) is 12.2. The molecule has 0 spiro atoms. The third-order valence-electron chi connectivity index (χ3n) is 2.29. The van der Waals surface area contributed by atoms with Crippen LogP contribution >= 0.6 is 0 Å². The minimum Gasteiger partial charge on any atom is -0.463 e. The molecule has 15 heavy (non-hydrogen) atoms. The molecule has 0 amide bonds. The fraction of sp³-hybridized carbons (Fsp3) is 0.667. The standard InChI is InChI=1S/C9H15NO4S/c1-2-14-9(11)7-5-3-4-6-8(7)15(10,12)13/h5,8H,2-4,6H2,1H3,(H2,10,12,13). The molecule has 1 rings (SSSR count). The average Bonchev–Trinajstić information content (AvgIpc) is 2.17. The van der Waals surface area contributed by atoms with E-state index in [1.54, 1.807) is 13.0 Å². The van der Waals surface area contributed by atoms with Crippen molar-refractivity contribution < 1.29 is 17.9 Å². The van der Waals surface area contributed by atoms with Crippen LogP contribution < -0.4 is 5.14 Å². The number of allylic oxidation sites excluding steroid dienone is 1. The number of carbonyl (C=O) groups is 1. The Morgan fingerprint density at radius 3 is 2.87 bits per heavy atom. The molecule has 0 bridgehead atoms. The quantitative estimate of drug-likeness (QED) is 0.711. The molecule has 0 heterocycles. The second-order valence-electron chi connectivity index (χ2n) is 3.39. The number of ether oxygens (including phenoxy) is 1. The molecule has 0 aromatic rings. The van der Waals surface area contributed by atoms with E-state index in [2.05, 4.69) is 0 Å². The Hall–Kier alpha value is -0.880. The highest BCUT2D eigenvalue weighted by Gasteiger charge is 2.32. The maximum Gasteiger partial charge on any atom is 0.335 e. The largest absolute Gasteiger partial charge is 0.463 e. The third-order valence-corrected chi connectivity index (χ3v) is 3.57. The van der Waals surface area contributed by atoms with Crippen molar-refractivity contribution in [3.05, 3.63) is 11.6 Å². The molecule has 0 aromatic heterocycles. The Kier molecular flexibility index (Phi) is 3.87. The molecule has 1 unspecified atom stereocenters. The molecule has 0 radical (unpaired) electrons. The second-order valence-corrected chi connectivity index (χ2v) is 5.14. The number of carbonyl (C=O) groups excluding carboxylic acids is 1. The van der Waals surface area contributed by atoms with Crippen LogP contribution in [0.3, 0.4) is 0 Å². The van der Waals surface area contributed by atoms with Crippen molar-refractivity contribution in [1.82, 2.24) is 0 Å². The van der Waals surface area contributed by atoms with E-state index in [-0.39, 0.29) is 12.2 Å². The van der Waals surface area contributed by atoms with Crippen molar-refractivity contribution in [2.45, 2.75) is 31.4 Å². The summed E-state index contributed by atoms with van der Waals surface area (Å²) in [5.74, 6) is -0.573. The van der Waals surface area contributed by atoms with Gasteiger partial charge in [-0.15, -0.1) is 0 Å². The summed E-state index contributed by atoms with van der Waals surface area (Å²) in [6.45, 7) is 1.90. The van der Waals surface area contributed by atoms with Crippen molar-refractivity contribution in [3.8, 4) is 0 Å². The maximum absolute atomic E-state index is 11.4. The maximum atomic E-state index is 11.4. The molecule has 86 valence electrons. The Morgan fingerprint density at radius 1 is 1.67 bits per heavy atom. The Morgan fingerprint density at radius 2 is 2.33 bits per heavy atom. The lowest BCUT2D eigenvalue weighted by atomic mass is 9.99. The number of nitrogens with two attached hydrogens (primary N) is 1. The van der Waals surface area contributed by atoms with Gasteiger partial charge in [0.05, 0.1) is 12.2 Å². The number of sulfonamides is 1. The van der Waals surface area contributed by atoms with Gasteiger partial charge in [0.1, 0.15) is 5.25 Å². The van der Waals surface area contributed by atoms with E-state index >= 15 is 0 Å². The van der Waals surface area contributed by atoms with E-state index in [0.29, 0.717) is 12.8 Å². The monoisotopic (exact) mass is 233 g/mol. The van der Waals surface area contributed by atoms with E-state index in [1.165, 1.54) is 0 Å². The lowest BCUT2D eigenvalue weighted by molar-refractivity contribution is -0.138. The van der Waals surface area contributed by atoms with Gasteiger partial charge < -0.3 is 4.74 Å². The van der Waals surface area contributed by atoms with Gasteiger partial charge in [0.25, 0.3) is 0 Å². The van der Waals surface area contributed by atoms with Gasteiger partial charge in [-0.05, 0) is 26.2 Å². The summed E-state index contributed by atoms with van der Waals surface area (Å²) in [6.07, 6.45) is 3.42. The molecular formula is C9H15NO4S. The molecule has 0 fully saturated rings.